The molecular weight excluding hydrogens is 346 g/mol. The second kappa shape index (κ2) is 7.90. The van der Waals surface area contributed by atoms with Crippen molar-refractivity contribution >= 4 is 29.2 Å². The summed E-state index contributed by atoms with van der Waals surface area (Å²) in [5.74, 6) is -0.00268. The number of aromatic nitrogens is 1. The summed E-state index contributed by atoms with van der Waals surface area (Å²) in [5.41, 5.74) is 10.2. The SMILES string of the molecule is Cc1cc(C)c(NC(=O)[C@H](C)Sc2[nH+]c(N)c(C#N)cc2C#N)c(C)c1. The van der Waals surface area contributed by atoms with Crippen LogP contribution in [0.4, 0.5) is 11.5 Å². The molecule has 4 N–H and O–H groups in total. The maximum absolute atomic E-state index is 12.6. The number of aromatic amines is 1. The first-order chi connectivity index (χ1) is 12.3. The van der Waals surface area contributed by atoms with Gasteiger partial charge in [0.15, 0.2) is 5.03 Å². The van der Waals surface area contributed by atoms with E-state index in [1.54, 1.807) is 6.92 Å². The minimum Gasteiger partial charge on any atom is -0.325 e. The fraction of sp³-hybridized carbons (Fsp3) is 0.263. The molecule has 1 heterocycles. The third-order valence-corrected chi connectivity index (χ3v) is 5.03. The lowest BCUT2D eigenvalue weighted by molar-refractivity contribution is -0.410. The summed E-state index contributed by atoms with van der Waals surface area (Å²) in [4.78, 5) is 15.4. The maximum atomic E-state index is 12.6. The lowest BCUT2D eigenvalue weighted by Gasteiger charge is -2.16. The lowest BCUT2D eigenvalue weighted by atomic mass is 10.1. The highest BCUT2D eigenvalue weighted by atomic mass is 32.2. The molecule has 1 atom stereocenters. The molecule has 0 aliphatic heterocycles. The van der Waals surface area contributed by atoms with E-state index in [0.717, 1.165) is 22.4 Å². The van der Waals surface area contributed by atoms with Crippen molar-refractivity contribution in [2.45, 2.75) is 38.0 Å². The number of aryl methyl sites for hydroxylation is 3. The molecule has 0 radical (unpaired) electrons. The number of anilines is 2. The molecule has 0 unspecified atom stereocenters. The van der Waals surface area contributed by atoms with E-state index in [9.17, 15) is 10.1 Å². The molecule has 2 aromatic rings. The molecular formula is C19H20N5OS+. The van der Waals surface area contributed by atoms with Gasteiger partial charge in [0.1, 0.15) is 23.3 Å². The smallest absolute Gasteiger partial charge is 0.289 e. The molecule has 6 nitrogen and oxygen atoms in total. The van der Waals surface area contributed by atoms with E-state index in [1.807, 2.05) is 45.0 Å². The highest BCUT2D eigenvalue weighted by molar-refractivity contribution is 8.00. The molecule has 132 valence electrons. The Morgan fingerprint density at radius 3 is 2.27 bits per heavy atom. The second-order valence-electron chi connectivity index (χ2n) is 6.09. The molecule has 0 fully saturated rings. The first-order valence-corrected chi connectivity index (χ1v) is 8.86. The van der Waals surface area contributed by atoms with Crippen molar-refractivity contribution in [3.05, 3.63) is 46.0 Å². The summed E-state index contributed by atoms with van der Waals surface area (Å²) >= 11 is 1.19. The summed E-state index contributed by atoms with van der Waals surface area (Å²) in [7, 11) is 0. The number of nitriles is 2. The number of carbonyl (C=O) groups is 1. The fourth-order valence-electron chi connectivity index (χ4n) is 2.65. The number of pyridine rings is 1. The highest BCUT2D eigenvalue weighted by Gasteiger charge is 2.22. The van der Waals surface area contributed by atoms with Crippen LogP contribution in [0.15, 0.2) is 23.2 Å². The first kappa shape index (κ1) is 19.3. The van der Waals surface area contributed by atoms with Crippen LogP contribution in [-0.4, -0.2) is 11.2 Å². The lowest BCUT2D eigenvalue weighted by Crippen LogP contribution is -2.26. The van der Waals surface area contributed by atoms with Gasteiger partial charge in [-0.1, -0.05) is 29.5 Å². The van der Waals surface area contributed by atoms with Gasteiger partial charge in [-0.3, -0.25) is 10.5 Å². The number of nitrogens with one attached hydrogen (secondary N) is 2. The average molecular weight is 366 g/mol. The van der Waals surface area contributed by atoms with Gasteiger partial charge < -0.3 is 5.32 Å². The van der Waals surface area contributed by atoms with Crippen LogP contribution in [0.3, 0.4) is 0 Å². The van der Waals surface area contributed by atoms with Crippen LogP contribution in [0.1, 0.15) is 34.7 Å². The zero-order chi connectivity index (χ0) is 19.4. The number of nitrogens with zero attached hydrogens (tertiary/aromatic N) is 2. The molecule has 2 rings (SSSR count). The molecule has 7 heteroatoms. The zero-order valence-electron chi connectivity index (χ0n) is 15.1. The number of carbonyl (C=O) groups excluding carboxylic acids is 1. The largest absolute Gasteiger partial charge is 0.325 e. The van der Waals surface area contributed by atoms with Gasteiger partial charge in [-0.15, -0.1) is 0 Å². The topological polar surface area (TPSA) is 117 Å². The number of thioether (sulfide) groups is 1. The van der Waals surface area contributed by atoms with Crippen molar-refractivity contribution in [2.24, 2.45) is 0 Å². The Labute approximate surface area is 157 Å². The molecule has 26 heavy (non-hydrogen) atoms. The van der Waals surface area contributed by atoms with Crippen LogP contribution in [0.25, 0.3) is 0 Å². The number of H-pyrrole nitrogens is 1. The Kier molecular flexibility index (Phi) is 5.86. The van der Waals surface area contributed by atoms with Crippen LogP contribution >= 0.6 is 11.8 Å². The minimum atomic E-state index is -0.467. The van der Waals surface area contributed by atoms with E-state index in [1.165, 1.54) is 17.8 Å². The number of amides is 1. The summed E-state index contributed by atoms with van der Waals surface area (Å²) < 4.78 is 0. The molecule has 0 aliphatic carbocycles. The van der Waals surface area contributed by atoms with Crippen LogP contribution < -0.4 is 16.0 Å². The van der Waals surface area contributed by atoms with Gasteiger partial charge in [0.2, 0.25) is 5.91 Å². The normalized spacial score (nSPS) is 11.3. The Morgan fingerprint density at radius 2 is 1.73 bits per heavy atom. The maximum Gasteiger partial charge on any atom is 0.289 e. The number of rotatable bonds is 4. The van der Waals surface area contributed by atoms with Crippen LogP contribution in [0.2, 0.25) is 0 Å². The molecule has 0 saturated heterocycles. The first-order valence-electron chi connectivity index (χ1n) is 7.98. The molecule has 1 aromatic heterocycles. The standard InChI is InChI=1S/C19H19N5OS/c1-10-5-11(2)16(12(3)6-10)23-18(25)13(4)26-19-15(9-21)7-14(8-20)17(22)24-19/h5-7,13H,1-4H3,(H2,22,24)(H,23,25)/p+1/t13-/m0/s1. The number of hydrogen-bond donors (Lipinski definition) is 2. The van der Waals surface area contributed by atoms with E-state index in [2.05, 4.69) is 10.3 Å². The molecule has 0 saturated carbocycles. The molecule has 0 spiro atoms. The van der Waals surface area contributed by atoms with E-state index in [0.29, 0.717) is 5.03 Å². The fourth-order valence-corrected chi connectivity index (χ4v) is 3.57. The predicted octanol–water partition coefficient (Wildman–Crippen LogP) is 2.87. The van der Waals surface area contributed by atoms with Gasteiger partial charge >= 0.3 is 0 Å². The number of nitrogen functional groups attached to an aromatic ring is 1. The van der Waals surface area contributed by atoms with Gasteiger partial charge in [-0.2, -0.15) is 10.5 Å². The van der Waals surface area contributed by atoms with Gasteiger partial charge in [-0.05, 0) is 44.9 Å². The van der Waals surface area contributed by atoms with E-state index in [4.69, 9.17) is 11.0 Å². The minimum absolute atomic E-state index is 0.173. The van der Waals surface area contributed by atoms with Gasteiger partial charge in [0, 0.05) is 5.69 Å². The monoisotopic (exact) mass is 366 g/mol. The Hall–Kier alpha value is -3.03. The average Bonchev–Trinajstić information content (AvgIpc) is 2.58. The van der Waals surface area contributed by atoms with Crippen molar-refractivity contribution < 1.29 is 9.78 Å². The second-order valence-corrected chi connectivity index (χ2v) is 7.44. The molecule has 1 aromatic carbocycles. The third kappa shape index (κ3) is 4.14. The van der Waals surface area contributed by atoms with Crippen LogP contribution in [0.5, 0.6) is 0 Å². The summed E-state index contributed by atoms with van der Waals surface area (Å²) in [6, 6.07) is 9.41. The van der Waals surface area contributed by atoms with Gasteiger partial charge in [-0.25, -0.2) is 4.98 Å². The summed E-state index contributed by atoms with van der Waals surface area (Å²) in [6.07, 6.45) is 0. The quantitative estimate of drug-likeness (QED) is 0.807. The van der Waals surface area contributed by atoms with E-state index >= 15 is 0 Å². The Balaban J connectivity index is 2.22. The zero-order valence-corrected chi connectivity index (χ0v) is 15.9. The van der Waals surface area contributed by atoms with Crippen LogP contribution in [-0.2, 0) is 4.79 Å². The number of hydrogen-bond acceptors (Lipinski definition) is 5. The van der Waals surface area contributed by atoms with E-state index < -0.39 is 5.25 Å². The molecule has 0 bridgehead atoms. The Bertz CT molecular complexity index is 933. The van der Waals surface area contributed by atoms with Crippen LogP contribution in [0, 0.1) is 43.4 Å². The number of benzene rings is 1. The highest BCUT2D eigenvalue weighted by Crippen LogP contribution is 2.27. The summed E-state index contributed by atoms with van der Waals surface area (Å²) in [6.45, 7) is 7.67. The van der Waals surface area contributed by atoms with Crippen molar-refractivity contribution in [1.82, 2.24) is 0 Å². The van der Waals surface area contributed by atoms with E-state index in [-0.39, 0.29) is 22.9 Å². The predicted molar refractivity (Wildman–Crippen MR) is 101 cm³/mol. The summed E-state index contributed by atoms with van der Waals surface area (Å²) in [5, 5.41) is 21.2. The number of nitrogens with two attached hydrogens (primary N) is 1. The van der Waals surface area contributed by atoms with Crippen molar-refractivity contribution in [3.8, 4) is 12.1 Å². The third-order valence-electron chi connectivity index (χ3n) is 3.90. The van der Waals surface area contributed by atoms with Crippen molar-refractivity contribution in [2.75, 3.05) is 11.1 Å². The van der Waals surface area contributed by atoms with Crippen molar-refractivity contribution in [3.63, 3.8) is 0 Å². The van der Waals surface area contributed by atoms with Gasteiger partial charge in [0.05, 0.1) is 5.25 Å². The Morgan fingerprint density at radius 1 is 1.15 bits per heavy atom. The molecule has 1 amide bonds. The van der Waals surface area contributed by atoms with Gasteiger partial charge in [0.25, 0.3) is 5.82 Å². The molecule has 0 aliphatic rings. The van der Waals surface area contributed by atoms with Crippen molar-refractivity contribution in [1.29, 1.82) is 10.5 Å².